The molecule has 0 amide bonds. The third-order valence-electron chi connectivity index (χ3n) is 4.81. The minimum absolute atomic E-state index is 0. The standard InChI is InChI=1S/C25H23N3O.2ClH/c1-27(2)17-19-10-6-7-13-22(19)23-16-20(24-14-8-9-15-26-24)18-28(25(23)29)21-11-4-3-5-12-21;;/h3-16,18H,17H2,1-2H3;2*1H. The van der Waals surface area contributed by atoms with E-state index in [1.807, 2.05) is 93.1 Å². The lowest BCUT2D eigenvalue weighted by atomic mass is 9.98. The zero-order valence-corrected chi connectivity index (χ0v) is 19.1. The maximum atomic E-state index is 13.5. The van der Waals surface area contributed by atoms with Gasteiger partial charge < -0.3 is 4.90 Å². The molecular formula is C25H25Cl2N3O. The summed E-state index contributed by atoms with van der Waals surface area (Å²) in [6.45, 7) is 0.759. The molecule has 0 aliphatic heterocycles. The van der Waals surface area contributed by atoms with Crippen molar-refractivity contribution >= 4 is 24.8 Å². The van der Waals surface area contributed by atoms with Gasteiger partial charge in [0.1, 0.15) is 0 Å². The first-order chi connectivity index (χ1) is 14.1. The average Bonchev–Trinajstić information content (AvgIpc) is 2.75. The molecule has 0 atom stereocenters. The van der Waals surface area contributed by atoms with Crippen molar-refractivity contribution in [3.8, 4) is 28.1 Å². The van der Waals surface area contributed by atoms with E-state index >= 15 is 0 Å². The smallest absolute Gasteiger partial charge is 0.263 e. The molecule has 0 saturated heterocycles. The minimum atomic E-state index is -0.0397. The van der Waals surface area contributed by atoms with Crippen LogP contribution in [0.25, 0.3) is 28.1 Å². The molecule has 2 aromatic carbocycles. The summed E-state index contributed by atoms with van der Waals surface area (Å²) >= 11 is 0. The summed E-state index contributed by atoms with van der Waals surface area (Å²) in [7, 11) is 4.06. The molecule has 4 rings (SSSR count). The molecule has 0 bridgehead atoms. The van der Waals surface area contributed by atoms with Crippen LogP contribution in [0.5, 0.6) is 0 Å². The van der Waals surface area contributed by atoms with Crippen LogP contribution in [0.1, 0.15) is 5.56 Å². The molecule has 0 N–H and O–H groups in total. The van der Waals surface area contributed by atoms with Crippen LogP contribution in [0, 0.1) is 0 Å². The van der Waals surface area contributed by atoms with Crippen molar-refractivity contribution in [1.29, 1.82) is 0 Å². The molecule has 0 fully saturated rings. The predicted molar refractivity (Wildman–Crippen MR) is 133 cm³/mol. The highest BCUT2D eigenvalue weighted by Crippen LogP contribution is 2.26. The minimum Gasteiger partial charge on any atom is -0.305 e. The van der Waals surface area contributed by atoms with Crippen LogP contribution in [0.15, 0.2) is 96.1 Å². The maximum Gasteiger partial charge on any atom is 0.263 e. The fraction of sp³-hybridized carbons (Fsp3) is 0.120. The Morgan fingerprint density at radius 2 is 1.52 bits per heavy atom. The van der Waals surface area contributed by atoms with Crippen molar-refractivity contribution in [3.63, 3.8) is 0 Å². The highest BCUT2D eigenvalue weighted by atomic mass is 35.5. The summed E-state index contributed by atoms with van der Waals surface area (Å²) in [5.41, 5.74) is 5.28. The molecule has 0 saturated carbocycles. The Morgan fingerprint density at radius 3 is 2.19 bits per heavy atom. The topological polar surface area (TPSA) is 38.1 Å². The molecule has 160 valence electrons. The van der Waals surface area contributed by atoms with Gasteiger partial charge in [-0.1, -0.05) is 48.5 Å². The quantitative estimate of drug-likeness (QED) is 0.401. The lowest BCUT2D eigenvalue weighted by Crippen LogP contribution is -2.21. The van der Waals surface area contributed by atoms with E-state index in [-0.39, 0.29) is 30.4 Å². The van der Waals surface area contributed by atoms with Crippen LogP contribution < -0.4 is 5.56 Å². The second kappa shape index (κ2) is 10.9. The Balaban J connectivity index is 0.00000171. The van der Waals surface area contributed by atoms with Gasteiger partial charge in [0.2, 0.25) is 0 Å². The van der Waals surface area contributed by atoms with Gasteiger partial charge in [0.25, 0.3) is 5.56 Å². The fourth-order valence-electron chi connectivity index (χ4n) is 3.49. The number of halogens is 2. The van der Waals surface area contributed by atoms with Crippen LogP contribution in [-0.4, -0.2) is 28.5 Å². The largest absolute Gasteiger partial charge is 0.305 e. The van der Waals surface area contributed by atoms with E-state index in [1.54, 1.807) is 10.8 Å². The van der Waals surface area contributed by atoms with Crippen molar-refractivity contribution in [2.75, 3.05) is 14.1 Å². The SMILES string of the molecule is CN(C)Cc1ccccc1-c1cc(-c2ccccn2)cn(-c2ccccc2)c1=O.Cl.Cl. The number of hydrogen-bond acceptors (Lipinski definition) is 3. The molecule has 31 heavy (non-hydrogen) atoms. The van der Waals surface area contributed by atoms with Gasteiger partial charge in [-0.3, -0.25) is 14.3 Å². The van der Waals surface area contributed by atoms with E-state index in [1.165, 1.54) is 0 Å². The number of nitrogens with zero attached hydrogens (tertiary/aromatic N) is 3. The van der Waals surface area contributed by atoms with Crippen molar-refractivity contribution in [2.45, 2.75) is 6.54 Å². The van der Waals surface area contributed by atoms with Crippen LogP contribution in [-0.2, 0) is 6.54 Å². The van der Waals surface area contributed by atoms with Gasteiger partial charge in [0.15, 0.2) is 0 Å². The third kappa shape index (κ3) is 5.42. The van der Waals surface area contributed by atoms with Gasteiger partial charge in [0, 0.05) is 35.8 Å². The van der Waals surface area contributed by atoms with Crippen molar-refractivity contribution in [2.24, 2.45) is 0 Å². The first kappa shape index (κ1) is 24.4. The summed E-state index contributed by atoms with van der Waals surface area (Å²) in [5.74, 6) is 0. The van der Waals surface area contributed by atoms with Gasteiger partial charge in [-0.25, -0.2) is 0 Å². The van der Waals surface area contributed by atoms with Gasteiger partial charge in [-0.05, 0) is 55.6 Å². The molecular weight excluding hydrogens is 429 g/mol. The number of benzene rings is 2. The van der Waals surface area contributed by atoms with E-state index in [4.69, 9.17) is 0 Å². The molecule has 2 heterocycles. The van der Waals surface area contributed by atoms with E-state index in [0.29, 0.717) is 5.56 Å². The average molecular weight is 454 g/mol. The third-order valence-corrected chi connectivity index (χ3v) is 4.81. The highest BCUT2D eigenvalue weighted by Gasteiger charge is 2.15. The molecule has 0 aliphatic carbocycles. The van der Waals surface area contributed by atoms with Crippen molar-refractivity contribution in [1.82, 2.24) is 14.5 Å². The van der Waals surface area contributed by atoms with Crippen molar-refractivity contribution < 1.29 is 0 Å². The Morgan fingerprint density at radius 1 is 0.839 bits per heavy atom. The van der Waals surface area contributed by atoms with Crippen molar-refractivity contribution in [3.05, 3.63) is 107 Å². The van der Waals surface area contributed by atoms with Crippen LogP contribution in [0.2, 0.25) is 0 Å². The van der Waals surface area contributed by atoms with Gasteiger partial charge in [0.05, 0.1) is 5.69 Å². The van der Waals surface area contributed by atoms with E-state index in [9.17, 15) is 4.79 Å². The second-order valence-corrected chi connectivity index (χ2v) is 7.26. The van der Waals surface area contributed by atoms with E-state index < -0.39 is 0 Å². The summed E-state index contributed by atoms with van der Waals surface area (Å²) in [6.07, 6.45) is 3.64. The van der Waals surface area contributed by atoms with Crippen LogP contribution in [0.3, 0.4) is 0 Å². The summed E-state index contributed by atoms with van der Waals surface area (Å²) < 4.78 is 1.71. The Hall–Kier alpha value is -2.92. The Kier molecular flexibility index (Phi) is 8.57. The molecule has 4 aromatic rings. The molecule has 0 unspecified atom stereocenters. The zero-order chi connectivity index (χ0) is 20.2. The highest BCUT2D eigenvalue weighted by molar-refractivity contribution is 5.85. The number of aromatic nitrogens is 2. The maximum absolute atomic E-state index is 13.5. The lowest BCUT2D eigenvalue weighted by Gasteiger charge is -2.16. The molecule has 0 spiro atoms. The molecule has 2 aromatic heterocycles. The van der Waals surface area contributed by atoms with E-state index in [0.717, 1.165) is 34.6 Å². The van der Waals surface area contributed by atoms with Gasteiger partial charge in [-0.2, -0.15) is 0 Å². The van der Waals surface area contributed by atoms with E-state index in [2.05, 4.69) is 16.0 Å². The number of para-hydroxylation sites is 1. The van der Waals surface area contributed by atoms with Gasteiger partial charge >= 0.3 is 0 Å². The normalized spacial score (nSPS) is 10.3. The summed E-state index contributed by atoms with van der Waals surface area (Å²) in [6, 6.07) is 25.6. The van der Waals surface area contributed by atoms with Crippen LogP contribution in [0.4, 0.5) is 0 Å². The summed E-state index contributed by atoms with van der Waals surface area (Å²) in [5, 5.41) is 0. The number of rotatable bonds is 5. The molecule has 0 aliphatic rings. The second-order valence-electron chi connectivity index (χ2n) is 7.26. The molecule has 4 nitrogen and oxygen atoms in total. The molecule has 0 radical (unpaired) electrons. The number of pyridine rings is 2. The Labute approximate surface area is 195 Å². The molecule has 6 heteroatoms. The monoisotopic (exact) mass is 453 g/mol. The number of hydrogen-bond donors (Lipinski definition) is 0. The van der Waals surface area contributed by atoms with Gasteiger partial charge in [-0.15, -0.1) is 24.8 Å². The first-order valence-corrected chi connectivity index (χ1v) is 9.60. The zero-order valence-electron chi connectivity index (χ0n) is 17.4. The Bertz CT molecular complexity index is 1180. The lowest BCUT2D eigenvalue weighted by molar-refractivity contribution is 0.403. The van der Waals surface area contributed by atoms with Crippen LogP contribution >= 0.6 is 24.8 Å². The summed E-state index contributed by atoms with van der Waals surface area (Å²) in [4.78, 5) is 20.1. The fourth-order valence-corrected chi connectivity index (χ4v) is 3.49. The predicted octanol–water partition coefficient (Wildman–Crippen LogP) is 5.47. The first-order valence-electron chi connectivity index (χ1n) is 9.60.